The van der Waals surface area contributed by atoms with Crippen molar-refractivity contribution in [2.75, 3.05) is 43.6 Å². The molecule has 1 aromatic rings. The van der Waals surface area contributed by atoms with Crippen molar-refractivity contribution >= 4 is 21.6 Å². The van der Waals surface area contributed by atoms with Gasteiger partial charge in [0.15, 0.2) is 0 Å². The number of nitrogens with one attached hydrogen (secondary N) is 2. The van der Waals surface area contributed by atoms with Gasteiger partial charge in [-0.1, -0.05) is 0 Å². The second kappa shape index (κ2) is 8.14. The second-order valence-electron chi connectivity index (χ2n) is 5.86. The maximum atomic E-state index is 11.7. The molecule has 0 unspecified atom stereocenters. The van der Waals surface area contributed by atoms with Crippen molar-refractivity contribution in [3.8, 4) is 0 Å². The van der Waals surface area contributed by atoms with E-state index in [1.54, 1.807) is 18.7 Å². The Morgan fingerprint density at radius 2 is 2.09 bits per heavy atom. The summed E-state index contributed by atoms with van der Waals surface area (Å²) in [6.45, 7) is 3.27. The van der Waals surface area contributed by atoms with Crippen LogP contribution in [-0.4, -0.2) is 53.9 Å². The first-order chi connectivity index (χ1) is 10.9. The Labute approximate surface area is 138 Å². The van der Waals surface area contributed by atoms with Crippen molar-refractivity contribution in [2.45, 2.75) is 19.4 Å². The molecule has 2 amide bonds. The average molecular weight is 339 g/mol. The van der Waals surface area contributed by atoms with Crippen molar-refractivity contribution in [3.63, 3.8) is 0 Å². The summed E-state index contributed by atoms with van der Waals surface area (Å²) in [5.74, 6) is 0.974. The summed E-state index contributed by atoms with van der Waals surface area (Å²) in [5, 5.41) is 5.50. The van der Waals surface area contributed by atoms with E-state index in [-0.39, 0.29) is 6.03 Å². The van der Waals surface area contributed by atoms with Crippen LogP contribution in [0.3, 0.4) is 0 Å². The molecule has 0 spiro atoms. The number of nitrogens with zero attached hydrogens (tertiary/aromatic N) is 3. The number of rotatable bonds is 6. The summed E-state index contributed by atoms with van der Waals surface area (Å²) in [4.78, 5) is 18.4. The van der Waals surface area contributed by atoms with Gasteiger partial charge in [0.05, 0.1) is 6.54 Å². The number of carbonyl (C=O) groups is 1. The first-order valence-electron chi connectivity index (χ1n) is 7.78. The van der Waals surface area contributed by atoms with Gasteiger partial charge in [-0.3, -0.25) is 4.21 Å². The fourth-order valence-corrected chi connectivity index (χ4v) is 2.90. The summed E-state index contributed by atoms with van der Waals surface area (Å²) >= 11 is 0. The summed E-state index contributed by atoms with van der Waals surface area (Å²) in [5.41, 5.74) is 1.02. The Morgan fingerprint density at radius 1 is 1.35 bits per heavy atom. The number of pyridine rings is 1. The van der Waals surface area contributed by atoms with Gasteiger partial charge in [0, 0.05) is 54.6 Å². The molecule has 0 bridgehead atoms. The molecule has 2 N–H and O–H groups in total. The van der Waals surface area contributed by atoms with Gasteiger partial charge in [-0.15, -0.1) is 0 Å². The topological polar surface area (TPSA) is 86.7 Å². The monoisotopic (exact) mass is 339 g/mol. The number of urea groups is 1. The van der Waals surface area contributed by atoms with Crippen LogP contribution in [0.4, 0.5) is 10.6 Å². The van der Waals surface area contributed by atoms with Gasteiger partial charge in [0.25, 0.3) is 0 Å². The highest BCUT2D eigenvalue weighted by Gasteiger charge is 2.13. The predicted octanol–water partition coefficient (Wildman–Crippen LogP) is 1.21. The van der Waals surface area contributed by atoms with Crippen LogP contribution in [-0.2, 0) is 16.3 Å². The van der Waals surface area contributed by atoms with E-state index >= 15 is 0 Å². The normalized spacial score (nSPS) is 14.6. The predicted molar refractivity (Wildman–Crippen MR) is 93.2 cm³/mol. The first-order valence-corrected chi connectivity index (χ1v) is 10.1. The van der Waals surface area contributed by atoms with Crippen molar-refractivity contribution in [1.82, 2.24) is 15.6 Å². The molecule has 1 aromatic heterocycles. The molecule has 0 aromatic carbocycles. The quantitative estimate of drug-likeness (QED) is 0.763. The maximum Gasteiger partial charge on any atom is 0.315 e. The van der Waals surface area contributed by atoms with Crippen molar-refractivity contribution in [2.24, 2.45) is 4.36 Å². The molecule has 8 heteroatoms. The first kappa shape index (κ1) is 17.5. The number of aromatic nitrogens is 1. The smallest absolute Gasteiger partial charge is 0.315 e. The number of anilines is 1. The number of carbonyl (C=O) groups excluding carboxylic acids is 1. The molecule has 23 heavy (non-hydrogen) atoms. The largest absolute Gasteiger partial charge is 0.357 e. The molecule has 1 aliphatic heterocycles. The molecule has 0 aliphatic carbocycles. The highest BCUT2D eigenvalue weighted by molar-refractivity contribution is 7.92. The molecule has 0 radical (unpaired) electrons. The maximum absolute atomic E-state index is 11.7. The summed E-state index contributed by atoms with van der Waals surface area (Å²) < 4.78 is 15.4. The molecule has 1 aliphatic rings. The molecule has 0 atom stereocenters. The Kier molecular flexibility index (Phi) is 6.20. The molecule has 2 rings (SSSR count). The fraction of sp³-hybridized carbons (Fsp3) is 0.600. The fourth-order valence-electron chi connectivity index (χ4n) is 2.37. The SMILES string of the molecule is CS(C)(=O)=NCCNC(=O)NCc1ccnc(N2CCCC2)c1. The van der Waals surface area contributed by atoms with Gasteiger partial charge in [-0.05, 0) is 30.5 Å². The van der Waals surface area contributed by atoms with E-state index in [9.17, 15) is 9.00 Å². The molecule has 128 valence electrons. The summed E-state index contributed by atoms with van der Waals surface area (Å²) in [6.07, 6.45) is 7.35. The number of amides is 2. The number of hydrogen-bond donors (Lipinski definition) is 2. The zero-order valence-corrected chi connectivity index (χ0v) is 14.6. The van der Waals surface area contributed by atoms with Crippen LogP contribution in [0, 0.1) is 0 Å². The van der Waals surface area contributed by atoms with E-state index < -0.39 is 9.73 Å². The van der Waals surface area contributed by atoms with Crippen LogP contribution < -0.4 is 15.5 Å². The Bertz CT molecular complexity index is 641. The van der Waals surface area contributed by atoms with E-state index in [1.807, 2.05) is 12.1 Å². The molecule has 0 saturated carbocycles. The van der Waals surface area contributed by atoms with E-state index in [2.05, 4.69) is 24.9 Å². The van der Waals surface area contributed by atoms with E-state index in [0.717, 1.165) is 24.5 Å². The third-order valence-electron chi connectivity index (χ3n) is 3.49. The average Bonchev–Trinajstić information content (AvgIpc) is 3.03. The lowest BCUT2D eigenvalue weighted by atomic mass is 10.2. The minimum Gasteiger partial charge on any atom is -0.357 e. The van der Waals surface area contributed by atoms with Crippen LogP contribution >= 0.6 is 0 Å². The minimum absolute atomic E-state index is 0.251. The molecular weight excluding hydrogens is 314 g/mol. The number of hydrogen-bond acceptors (Lipinski definition) is 5. The summed E-state index contributed by atoms with van der Waals surface area (Å²) in [7, 11) is -2.10. The van der Waals surface area contributed by atoms with Gasteiger partial charge >= 0.3 is 6.03 Å². The van der Waals surface area contributed by atoms with Crippen LogP contribution in [0.15, 0.2) is 22.7 Å². The van der Waals surface area contributed by atoms with E-state index in [4.69, 9.17) is 0 Å². The third kappa shape index (κ3) is 6.43. The van der Waals surface area contributed by atoms with Crippen LogP contribution in [0.2, 0.25) is 0 Å². The van der Waals surface area contributed by atoms with Crippen molar-refractivity contribution in [1.29, 1.82) is 0 Å². The van der Waals surface area contributed by atoms with Gasteiger partial charge in [0.1, 0.15) is 5.82 Å². The molecule has 7 nitrogen and oxygen atoms in total. The van der Waals surface area contributed by atoms with Crippen LogP contribution in [0.25, 0.3) is 0 Å². The highest BCUT2D eigenvalue weighted by Crippen LogP contribution is 2.18. The Morgan fingerprint density at radius 3 is 2.78 bits per heavy atom. The minimum atomic E-state index is -2.10. The third-order valence-corrected chi connectivity index (χ3v) is 4.30. The van der Waals surface area contributed by atoms with Crippen molar-refractivity contribution < 1.29 is 9.00 Å². The molecular formula is C15H25N5O2S. The van der Waals surface area contributed by atoms with E-state index in [1.165, 1.54) is 12.8 Å². The van der Waals surface area contributed by atoms with Gasteiger partial charge < -0.3 is 15.5 Å². The molecule has 2 heterocycles. The highest BCUT2D eigenvalue weighted by atomic mass is 32.2. The lowest BCUT2D eigenvalue weighted by Gasteiger charge is -2.17. The van der Waals surface area contributed by atoms with Gasteiger partial charge in [0.2, 0.25) is 0 Å². The summed E-state index contributed by atoms with van der Waals surface area (Å²) in [6, 6.07) is 3.67. The zero-order valence-electron chi connectivity index (χ0n) is 13.7. The van der Waals surface area contributed by atoms with Crippen LogP contribution in [0.5, 0.6) is 0 Å². The lowest BCUT2D eigenvalue weighted by Crippen LogP contribution is -2.36. The van der Waals surface area contributed by atoms with Crippen molar-refractivity contribution in [3.05, 3.63) is 23.9 Å². The zero-order chi connectivity index (χ0) is 16.7. The lowest BCUT2D eigenvalue weighted by molar-refractivity contribution is 0.241. The second-order valence-corrected chi connectivity index (χ2v) is 8.48. The molecule has 1 saturated heterocycles. The van der Waals surface area contributed by atoms with Gasteiger partial charge in [-0.2, -0.15) is 0 Å². The van der Waals surface area contributed by atoms with E-state index in [0.29, 0.717) is 19.6 Å². The Balaban J connectivity index is 1.76. The standard InChI is InChI=1S/C15H25N5O2S/c1-23(2,22)19-8-7-17-15(21)18-12-13-5-6-16-14(11-13)20-9-3-4-10-20/h5-6,11H,3-4,7-10,12H2,1-2H3,(H2,17,18,21). The molecule has 1 fully saturated rings. The Hall–Kier alpha value is -1.83. The van der Waals surface area contributed by atoms with Crippen LogP contribution in [0.1, 0.15) is 18.4 Å². The van der Waals surface area contributed by atoms with Gasteiger partial charge in [-0.25, -0.2) is 14.1 Å².